The van der Waals surface area contributed by atoms with Crippen LogP contribution in [0.25, 0.3) is 0 Å². The number of anilines is 1. The van der Waals surface area contributed by atoms with Gasteiger partial charge in [0.15, 0.2) is 0 Å². The first kappa shape index (κ1) is 16.0. The lowest BCUT2D eigenvalue weighted by atomic mass is 10.0. The van der Waals surface area contributed by atoms with Crippen LogP contribution in [0.5, 0.6) is 0 Å². The fourth-order valence-electron chi connectivity index (χ4n) is 3.02. The number of rotatable bonds is 3. The Morgan fingerprint density at radius 2 is 2.00 bits per heavy atom. The molecule has 1 atom stereocenters. The molecule has 2 aliphatic heterocycles. The topological polar surface area (TPSA) is 84.7 Å². The molecule has 6 heteroatoms. The van der Waals surface area contributed by atoms with Gasteiger partial charge in [-0.05, 0) is 43.9 Å². The Bertz CT molecular complexity index is 576. The third-order valence-corrected chi connectivity index (χ3v) is 4.43. The third kappa shape index (κ3) is 3.89. The van der Waals surface area contributed by atoms with E-state index in [0.717, 1.165) is 25.7 Å². The van der Waals surface area contributed by atoms with Crippen LogP contribution in [0.4, 0.5) is 5.69 Å². The Labute approximate surface area is 136 Å². The maximum absolute atomic E-state index is 12.5. The fraction of sp³-hybridized carbons (Fsp3) is 0.529. The quantitative estimate of drug-likeness (QED) is 0.882. The van der Waals surface area contributed by atoms with Crippen molar-refractivity contribution in [1.29, 1.82) is 0 Å². The number of hydrogen-bond donors (Lipinski definition) is 2. The third-order valence-electron chi connectivity index (χ3n) is 4.43. The van der Waals surface area contributed by atoms with Gasteiger partial charge in [0, 0.05) is 37.0 Å². The number of hydrogen-bond acceptors (Lipinski definition) is 4. The summed E-state index contributed by atoms with van der Waals surface area (Å²) in [5.41, 5.74) is 7.10. The van der Waals surface area contributed by atoms with E-state index >= 15 is 0 Å². The van der Waals surface area contributed by atoms with Crippen molar-refractivity contribution < 1.29 is 14.3 Å². The average Bonchev–Trinajstić information content (AvgIpc) is 3.10. The predicted octanol–water partition coefficient (Wildman–Crippen LogP) is 1.37. The van der Waals surface area contributed by atoms with Crippen molar-refractivity contribution in [2.75, 3.05) is 25.0 Å². The van der Waals surface area contributed by atoms with Crippen LogP contribution in [0.2, 0.25) is 0 Å². The van der Waals surface area contributed by atoms with Gasteiger partial charge in [0.2, 0.25) is 0 Å². The van der Waals surface area contributed by atoms with Gasteiger partial charge in [-0.15, -0.1) is 0 Å². The summed E-state index contributed by atoms with van der Waals surface area (Å²) in [7, 11) is 0. The van der Waals surface area contributed by atoms with Crippen LogP contribution in [0, 0.1) is 0 Å². The molecule has 6 nitrogen and oxygen atoms in total. The number of nitrogens with zero attached hydrogens (tertiary/aromatic N) is 1. The molecule has 2 amide bonds. The second-order valence-corrected chi connectivity index (χ2v) is 6.20. The highest BCUT2D eigenvalue weighted by molar-refractivity contribution is 5.98. The van der Waals surface area contributed by atoms with E-state index in [2.05, 4.69) is 5.32 Å². The number of benzene rings is 1. The number of nitrogens with one attached hydrogen (secondary N) is 1. The van der Waals surface area contributed by atoms with Crippen LogP contribution in [-0.2, 0) is 9.53 Å². The molecular formula is C17H23N3O3. The molecule has 0 aromatic heterocycles. The average molecular weight is 317 g/mol. The van der Waals surface area contributed by atoms with Crippen molar-refractivity contribution in [3.05, 3.63) is 29.8 Å². The molecule has 2 heterocycles. The van der Waals surface area contributed by atoms with Gasteiger partial charge in [-0.2, -0.15) is 0 Å². The molecule has 2 saturated heterocycles. The monoisotopic (exact) mass is 317 g/mol. The van der Waals surface area contributed by atoms with E-state index in [1.54, 1.807) is 24.3 Å². The molecule has 3 N–H and O–H groups in total. The Hall–Kier alpha value is -1.92. The molecule has 23 heavy (non-hydrogen) atoms. The molecule has 0 saturated carbocycles. The van der Waals surface area contributed by atoms with Gasteiger partial charge in [-0.1, -0.05) is 6.07 Å². The lowest BCUT2D eigenvalue weighted by molar-refractivity contribution is -0.124. The summed E-state index contributed by atoms with van der Waals surface area (Å²) in [5.74, 6) is -0.152. The fourth-order valence-corrected chi connectivity index (χ4v) is 3.02. The lowest BCUT2D eigenvalue weighted by Gasteiger charge is -2.30. The number of likely N-dealkylation sites (tertiary alicyclic amines) is 1. The van der Waals surface area contributed by atoms with Gasteiger partial charge < -0.3 is 20.7 Å². The molecule has 0 bridgehead atoms. The van der Waals surface area contributed by atoms with E-state index in [1.165, 1.54) is 0 Å². The van der Waals surface area contributed by atoms with Crippen LogP contribution >= 0.6 is 0 Å². The van der Waals surface area contributed by atoms with E-state index in [9.17, 15) is 9.59 Å². The van der Waals surface area contributed by atoms with Crippen LogP contribution in [0.1, 0.15) is 36.0 Å². The first-order valence-electron chi connectivity index (χ1n) is 8.21. The van der Waals surface area contributed by atoms with Gasteiger partial charge in [0.25, 0.3) is 11.8 Å². The maximum Gasteiger partial charge on any atom is 0.253 e. The Morgan fingerprint density at radius 3 is 2.70 bits per heavy atom. The second kappa shape index (κ2) is 7.10. The zero-order valence-electron chi connectivity index (χ0n) is 13.2. The Kier molecular flexibility index (Phi) is 4.93. The highest BCUT2D eigenvalue weighted by Crippen LogP contribution is 2.18. The summed E-state index contributed by atoms with van der Waals surface area (Å²) in [6.07, 6.45) is 2.95. The van der Waals surface area contributed by atoms with Crippen LogP contribution in [-0.4, -0.2) is 48.6 Å². The van der Waals surface area contributed by atoms with E-state index in [0.29, 0.717) is 30.9 Å². The molecule has 124 valence electrons. The van der Waals surface area contributed by atoms with Crippen molar-refractivity contribution in [2.45, 2.75) is 37.8 Å². The molecule has 1 unspecified atom stereocenters. The number of nitrogens with two attached hydrogens (primary N) is 1. The number of carbonyl (C=O) groups excluding carboxylic acids is 2. The Morgan fingerprint density at radius 1 is 1.22 bits per heavy atom. The number of amides is 2. The minimum atomic E-state index is -0.377. The number of carbonyl (C=O) groups is 2. The van der Waals surface area contributed by atoms with Crippen molar-refractivity contribution in [1.82, 2.24) is 4.90 Å². The Balaban J connectivity index is 1.64. The van der Waals surface area contributed by atoms with Gasteiger partial charge in [0.1, 0.15) is 6.10 Å². The summed E-state index contributed by atoms with van der Waals surface area (Å²) < 4.78 is 5.37. The molecule has 0 spiro atoms. The van der Waals surface area contributed by atoms with E-state index < -0.39 is 0 Å². The smallest absolute Gasteiger partial charge is 0.253 e. The van der Waals surface area contributed by atoms with Gasteiger partial charge >= 0.3 is 0 Å². The largest absolute Gasteiger partial charge is 0.368 e. The zero-order valence-corrected chi connectivity index (χ0v) is 13.2. The SMILES string of the molecule is NC1CCN(C(=O)c2cccc(NC(=O)C3CCCO3)c2)CC1. The minimum absolute atomic E-state index is 0.00915. The molecule has 0 radical (unpaired) electrons. The van der Waals surface area contributed by atoms with Crippen LogP contribution < -0.4 is 11.1 Å². The second-order valence-electron chi connectivity index (χ2n) is 6.20. The molecule has 1 aromatic rings. The van der Waals surface area contributed by atoms with Crippen molar-refractivity contribution >= 4 is 17.5 Å². The van der Waals surface area contributed by atoms with Crippen molar-refractivity contribution in [3.8, 4) is 0 Å². The highest BCUT2D eigenvalue weighted by Gasteiger charge is 2.24. The number of ether oxygens (including phenoxy) is 1. The highest BCUT2D eigenvalue weighted by atomic mass is 16.5. The molecule has 2 fully saturated rings. The minimum Gasteiger partial charge on any atom is -0.368 e. The van der Waals surface area contributed by atoms with Crippen molar-refractivity contribution in [2.24, 2.45) is 5.73 Å². The standard InChI is InChI=1S/C17H23N3O3/c18-13-6-8-20(9-7-13)17(22)12-3-1-4-14(11-12)19-16(21)15-5-2-10-23-15/h1,3-4,11,13,15H,2,5-10,18H2,(H,19,21). The van der Waals surface area contributed by atoms with E-state index in [4.69, 9.17) is 10.5 Å². The van der Waals surface area contributed by atoms with E-state index in [1.807, 2.05) is 4.90 Å². The van der Waals surface area contributed by atoms with Gasteiger partial charge in [0.05, 0.1) is 0 Å². The first-order valence-corrected chi connectivity index (χ1v) is 8.21. The number of piperidine rings is 1. The van der Waals surface area contributed by atoms with E-state index in [-0.39, 0.29) is 24.0 Å². The maximum atomic E-state index is 12.5. The van der Waals surface area contributed by atoms with Gasteiger partial charge in [-0.3, -0.25) is 9.59 Å². The van der Waals surface area contributed by atoms with Gasteiger partial charge in [-0.25, -0.2) is 0 Å². The first-order chi connectivity index (χ1) is 11.1. The molecule has 2 aliphatic rings. The van der Waals surface area contributed by atoms with Crippen molar-refractivity contribution in [3.63, 3.8) is 0 Å². The summed E-state index contributed by atoms with van der Waals surface area (Å²) in [6.45, 7) is 2.01. The normalized spacial score (nSPS) is 22.1. The predicted molar refractivity (Wildman–Crippen MR) is 87.2 cm³/mol. The summed E-state index contributed by atoms with van der Waals surface area (Å²) in [5, 5.41) is 2.83. The zero-order chi connectivity index (χ0) is 16.2. The molecular weight excluding hydrogens is 294 g/mol. The molecule has 1 aromatic carbocycles. The molecule has 0 aliphatic carbocycles. The van der Waals surface area contributed by atoms with Crippen LogP contribution in [0.15, 0.2) is 24.3 Å². The summed E-state index contributed by atoms with van der Waals surface area (Å²) in [4.78, 5) is 26.5. The summed E-state index contributed by atoms with van der Waals surface area (Å²) in [6, 6.07) is 7.27. The van der Waals surface area contributed by atoms with Crippen LogP contribution in [0.3, 0.4) is 0 Å². The summed E-state index contributed by atoms with van der Waals surface area (Å²) >= 11 is 0. The lowest BCUT2D eigenvalue weighted by Crippen LogP contribution is -2.42. The molecule has 3 rings (SSSR count).